The number of rotatable bonds is 14. The van der Waals surface area contributed by atoms with Crippen LogP contribution in [-0.2, 0) is 28.5 Å². The Balaban J connectivity index is 1.26. The highest BCUT2D eigenvalue weighted by atomic mass is 16.8. The van der Waals surface area contributed by atoms with Crippen LogP contribution in [0.15, 0.2) is 42.2 Å². The first kappa shape index (κ1) is 29.2. The first-order valence-corrected chi connectivity index (χ1v) is 14.4. The molecule has 5 rings (SSSR count). The van der Waals surface area contributed by atoms with E-state index in [1.54, 1.807) is 36.4 Å². The molecule has 0 aromatic heterocycles. The van der Waals surface area contributed by atoms with Gasteiger partial charge in [-0.1, -0.05) is 12.1 Å². The molecule has 4 N–H and O–H groups in total. The smallest absolute Gasteiger partial charge is 0.338 e. The van der Waals surface area contributed by atoms with E-state index in [2.05, 4.69) is 10.6 Å². The van der Waals surface area contributed by atoms with E-state index in [1.807, 2.05) is 0 Å². The van der Waals surface area contributed by atoms with Crippen molar-refractivity contribution in [3.8, 4) is 0 Å². The number of aliphatic hydroxyl groups excluding tert-OH is 2. The van der Waals surface area contributed by atoms with Crippen molar-refractivity contribution in [2.75, 3.05) is 32.9 Å². The average Bonchev–Trinajstić information content (AvgIpc) is 3.91. The molecule has 1 aliphatic heterocycles. The van der Waals surface area contributed by atoms with E-state index in [-0.39, 0.29) is 57.6 Å². The van der Waals surface area contributed by atoms with Crippen molar-refractivity contribution < 1.29 is 43.5 Å². The summed E-state index contributed by atoms with van der Waals surface area (Å²) in [6.07, 6.45) is 7.57. The molecule has 1 heterocycles. The molecule has 1 aromatic rings. The fraction of sp³-hybridized carbons (Fsp3) is 0.567. The largest absolute Gasteiger partial charge is 0.499 e. The van der Waals surface area contributed by atoms with Gasteiger partial charge in [0.15, 0.2) is 5.79 Å². The van der Waals surface area contributed by atoms with E-state index in [0.717, 1.165) is 31.2 Å². The Morgan fingerprint density at radius 3 is 2.37 bits per heavy atom. The minimum Gasteiger partial charge on any atom is -0.499 e. The maximum atomic E-state index is 13.2. The number of fused-ring (bicyclic) bond motifs is 1. The molecule has 3 aliphatic carbocycles. The highest BCUT2D eigenvalue weighted by Gasteiger charge is 2.64. The van der Waals surface area contributed by atoms with Crippen LogP contribution in [0.4, 0.5) is 0 Å². The number of ether oxygens (including phenoxy) is 4. The summed E-state index contributed by atoms with van der Waals surface area (Å²) in [6.45, 7) is 0.265. The van der Waals surface area contributed by atoms with Gasteiger partial charge in [0.05, 0.1) is 25.0 Å². The highest BCUT2D eigenvalue weighted by molar-refractivity contribution is 5.94. The predicted molar refractivity (Wildman–Crippen MR) is 146 cm³/mol. The van der Waals surface area contributed by atoms with Crippen molar-refractivity contribution in [3.05, 3.63) is 53.3 Å². The number of benzene rings is 1. The van der Waals surface area contributed by atoms with Gasteiger partial charge >= 0.3 is 5.97 Å². The lowest BCUT2D eigenvalue weighted by atomic mass is 9.91. The van der Waals surface area contributed by atoms with E-state index in [4.69, 9.17) is 29.2 Å². The number of aliphatic hydroxyl groups is 2. The molecule has 4 aliphatic rings. The van der Waals surface area contributed by atoms with Gasteiger partial charge < -0.3 is 39.8 Å². The van der Waals surface area contributed by atoms with E-state index in [1.165, 1.54) is 6.26 Å². The Morgan fingerprint density at radius 2 is 1.71 bits per heavy atom. The van der Waals surface area contributed by atoms with Crippen LogP contribution >= 0.6 is 0 Å². The first-order chi connectivity index (χ1) is 19.9. The quantitative estimate of drug-likeness (QED) is 0.148. The van der Waals surface area contributed by atoms with Gasteiger partial charge in [0.25, 0.3) is 0 Å². The van der Waals surface area contributed by atoms with Crippen molar-refractivity contribution in [2.24, 2.45) is 11.8 Å². The summed E-state index contributed by atoms with van der Waals surface area (Å²) in [6, 6.07) is 6.83. The molecular formula is C30H38N2O9. The molecule has 0 bridgehead atoms. The number of hydrogen-bond acceptors (Lipinski definition) is 9. The number of esters is 1. The summed E-state index contributed by atoms with van der Waals surface area (Å²) in [5, 5.41) is 23.0. The first-order valence-electron chi connectivity index (χ1n) is 14.4. The third-order valence-electron chi connectivity index (χ3n) is 7.74. The summed E-state index contributed by atoms with van der Waals surface area (Å²) in [5.74, 6) is -1.22. The molecule has 2 amide bonds. The van der Waals surface area contributed by atoms with Crippen molar-refractivity contribution in [1.82, 2.24) is 10.6 Å². The Morgan fingerprint density at radius 1 is 0.976 bits per heavy atom. The fourth-order valence-corrected chi connectivity index (χ4v) is 5.44. The second kappa shape index (κ2) is 13.2. The molecule has 11 nitrogen and oxygen atoms in total. The Kier molecular flexibility index (Phi) is 9.39. The van der Waals surface area contributed by atoms with Crippen molar-refractivity contribution in [3.63, 3.8) is 0 Å². The van der Waals surface area contributed by atoms with Gasteiger partial charge in [0.1, 0.15) is 24.9 Å². The maximum absolute atomic E-state index is 13.2. The number of carbonyl (C=O) groups excluding carboxylic acids is 3. The van der Waals surface area contributed by atoms with Gasteiger partial charge in [-0.3, -0.25) is 9.59 Å². The monoisotopic (exact) mass is 570 g/mol. The molecule has 1 aromatic carbocycles. The normalized spacial score (nSPS) is 24.8. The summed E-state index contributed by atoms with van der Waals surface area (Å²) in [7, 11) is 0. The molecule has 0 unspecified atom stereocenters. The zero-order valence-corrected chi connectivity index (χ0v) is 23.0. The van der Waals surface area contributed by atoms with Crippen LogP contribution in [0.5, 0.6) is 0 Å². The van der Waals surface area contributed by atoms with E-state index in [9.17, 15) is 14.4 Å². The number of amides is 2. The molecule has 222 valence electrons. The number of nitrogens with one attached hydrogen (secondary N) is 2. The van der Waals surface area contributed by atoms with Crippen molar-refractivity contribution in [2.45, 2.75) is 62.6 Å². The lowest BCUT2D eigenvalue weighted by Gasteiger charge is -2.31. The standard InChI is InChI=1S/C30H38N2O9/c33-13-12-31-26(35)9-11-32-28(36)21-17-24(27-25(18-21)40-30(41-27,22-5-6-22)23-7-8-23)39-29(37)20-3-1-19(2-4-20)10-15-38-16-14-34/h1-4,10,15,18,22-25,27,33-34H,5-9,11-14,16-17H2,(H,31,35)(H,32,36)/t24-,25-,27+/m1/s1. The second-order valence-corrected chi connectivity index (χ2v) is 10.9. The molecule has 3 atom stereocenters. The maximum Gasteiger partial charge on any atom is 0.338 e. The van der Waals surface area contributed by atoms with Crippen LogP contribution in [0, 0.1) is 11.8 Å². The minimum atomic E-state index is -0.725. The highest BCUT2D eigenvalue weighted by Crippen LogP contribution is 2.59. The van der Waals surface area contributed by atoms with E-state index >= 15 is 0 Å². The second-order valence-electron chi connectivity index (χ2n) is 10.9. The zero-order valence-electron chi connectivity index (χ0n) is 23.0. The van der Waals surface area contributed by atoms with Gasteiger partial charge in [-0.25, -0.2) is 4.79 Å². The summed E-state index contributed by atoms with van der Waals surface area (Å²) in [4.78, 5) is 38.1. The molecule has 11 heteroatoms. The predicted octanol–water partition coefficient (Wildman–Crippen LogP) is 1.44. The van der Waals surface area contributed by atoms with Gasteiger partial charge in [-0.2, -0.15) is 0 Å². The van der Waals surface area contributed by atoms with E-state index < -0.39 is 30.1 Å². The molecule has 2 saturated carbocycles. The molecule has 3 fully saturated rings. The van der Waals surface area contributed by atoms with Gasteiger partial charge in [-0.05, 0) is 55.5 Å². The van der Waals surface area contributed by atoms with Crippen LogP contribution < -0.4 is 10.6 Å². The molecule has 0 radical (unpaired) electrons. The van der Waals surface area contributed by atoms with Crippen LogP contribution in [-0.4, -0.2) is 85.0 Å². The van der Waals surface area contributed by atoms with Crippen LogP contribution in [0.3, 0.4) is 0 Å². The van der Waals surface area contributed by atoms with Gasteiger partial charge in [0.2, 0.25) is 11.8 Å². The Bertz CT molecular complexity index is 1140. The zero-order chi connectivity index (χ0) is 28.8. The lowest BCUT2D eigenvalue weighted by molar-refractivity contribution is -0.209. The van der Waals surface area contributed by atoms with Crippen LogP contribution in [0.25, 0.3) is 6.08 Å². The lowest BCUT2D eigenvalue weighted by Crippen LogP contribution is -2.44. The summed E-state index contributed by atoms with van der Waals surface area (Å²) in [5.41, 5.74) is 1.60. The third kappa shape index (κ3) is 7.16. The van der Waals surface area contributed by atoms with E-state index in [0.29, 0.717) is 23.0 Å². The molecule has 1 saturated heterocycles. The topological polar surface area (TPSA) is 153 Å². The van der Waals surface area contributed by atoms with Crippen LogP contribution in [0.1, 0.15) is 54.4 Å². The van der Waals surface area contributed by atoms with Gasteiger partial charge in [0, 0.05) is 43.3 Å². The average molecular weight is 571 g/mol. The fourth-order valence-electron chi connectivity index (χ4n) is 5.44. The van der Waals surface area contributed by atoms with Crippen LogP contribution in [0.2, 0.25) is 0 Å². The number of hydrogen-bond donors (Lipinski definition) is 4. The molecule has 41 heavy (non-hydrogen) atoms. The Hall–Kier alpha value is -3.25. The van der Waals surface area contributed by atoms with Crippen molar-refractivity contribution >= 4 is 23.9 Å². The Labute approximate surface area is 238 Å². The minimum absolute atomic E-state index is 0.0730. The SMILES string of the molecule is O=C(CCNC(=O)C1=C[C@H]2OC(C3CC3)(C3CC3)O[C@H]2[C@H](OC(=O)c2ccc(C=COCCO)cc2)C1)NCCO. The van der Waals surface area contributed by atoms with Crippen molar-refractivity contribution in [1.29, 1.82) is 0 Å². The molecular weight excluding hydrogens is 532 g/mol. The van der Waals surface area contributed by atoms with Gasteiger partial charge in [-0.15, -0.1) is 0 Å². The summed E-state index contributed by atoms with van der Waals surface area (Å²) >= 11 is 0. The third-order valence-corrected chi connectivity index (χ3v) is 7.74. The summed E-state index contributed by atoms with van der Waals surface area (Å²) < 4.78 is 24.3. The molecule has 0 spiro atoms. The number of carbonyl (C=O) groups is 3.